The lowest BCUT2D eigenvalue weighted by Crippen LogP contribution is -1.98. The molecule has 0 saturated heterocycles. The van der Waals surface area contributed by atoms with Gasteiger partial charge in [0.1, 0.15) is 0 Å². The average molecular weight is 450 g/mol. The number of rotatable bonds is 3. The van der Waals surface area contributed by atoms with Crippen molar-refractivity contribution in [1.82, 2.24) is 15.0 Å². The zero-order valence-corrected chi connectivity index (χ0v) is 18.4. The van der Waals surface area contributed by atoms with Gasteiger partial charge in [0.25, 0.3) is 0 Å². The van der Waals surface area contributed by atoms with Crippen molar-refractivity contribution in [3.05, 3.63) is 102 Å². The molecule has 0 radical (unpaired) electrons. The summed E-state index contributed by atoms with van der Waals surface area (Å²) < 4.78 is 2.47. The van der Waals surface area contributed by atoms with Crippen LogP contribution in [0.25, 0.3) is 54.1 Å². The lowest BCUT2D eigenvalue weighted by molar-refractivity contribution is 1.07. The summed E-state index contributed by atoms with van der Waals surface area (Å²) in [4.78, 5) is 13.7. The second kappa shape index (κ2) is 7.83. The predicted octanol–water partition coefficient (Wildman–Crippen LogP) is 7.89. The first-order valence-electron chi connectivity index (χ1n) is 10.2. The molecular formula is C27H16ClN3S. The molecule has 0 aliphatic heterocycles. The van der Waals surface area contributed by atoms with Crippen LogP contribution in [0.1, 0.15) is 0 Å². The van der Waals surface area contributed by atoms with E-state index >= 15 is 0 Å². The zero-order chi connectivity index (χ0) is 21.5. The van der Waals surface area contributed by atoms with Gasteiger partial charge in [-0.1, -0.05) is 84.9 Å². The van der Waals surface area contributed by atoms with Crippen molar-refractivity contribution in [2.75, 3.05) is 0 Å². The maximum absolute atomic E-state index is 6.37. The molecule has 0 atom stereocenters. The van der Waals surface area contributed by atoms with Gasteiger partial charge in [0, 0.05) is 31.3 Å². The van der Waals surface area contributed by atoms with Gasteiger partial charge in [-0.3, -0.25) is 0 Å². The molecule has 2 aromatic heterocycles. The van der Waals surface area contributed by atoms with E-state index in [9.17, 15) is 0 Å². The molecule has 0 saturated carbocycles. The quantitative estimate of drug-likeness (QED) is 0.275. The fraction of sp³-hybridized carbons (Fsp3) is 0. The third-order valence-electron chi connectivity index (χ3n) is 5.50. The van der Waals surface area contributed by atoms with Gasteiger partial charge in [-0.2, -0.15) is 9.97 Å². The molecule has 0 N–H and O–H groups in total. The molecule has 0 unspecified atom stereocenters. The lowest BCUT2D eigenvalue weighted by atomic mass is 9.99. The monoisotopic (exact) mass is 449 g/mol. The Morgan fingerprint density at radius 3 is 2.09 bits per heavy atom. The van der Waals surface area contributed by atoms with Gasteiger partial charge in [0.2, 0.25) is 5.28 Å². The van der Waals surface area contributed by atoms with Crippen LogP contribution in [0.15, 0.2) is 97.1 Å². The number of benzene rings is 4. The molecule has 0 aliphatic carbocycles. The summed E-state index contributed by atoms with van der Waals surface area (Å²) in [7, 11) is 0. The molecule has 32 heavy (non-hydrogen) atoms. The summed E-state index contributed by atoms with van der Waals surface area (Å²) in [5.41, 5.74) is 4.01. The largest absolute Gasteiger partial charge is 0.226 e. The summed E-state index contributed by atoms with van der Waals surface area (Å²) in [6.07, 6.45) is 0. The SMILES string of the molecule is Clc1nc(-c2ccc3c(c2)sc2ccccc23)nc(-c2ccccc2-c2ccccc2)n1. The first-order chi connectivity index (χ1) is 15.8. The molecule has 5 heteroatoms. The predicted molar refractivity (Wildman–Crippen MR) is 134 cm³/mol. The minimum absolute atomic E-state index is 0.185. The van der Waals surface area contributed by atoms with Gasteiger partial charge < -0.3 is 0 Å². The Morgan fingerprint density at radius 1 is 0.531 bits per heavy atom. The van der Waals surface area contributed by atoms with Crippen molar-refractivity contribution >= 4 is 43.1 Å². The van der Waals surface area contributed by atoms with Crippen LogP contribution < -0.4 is 0 Å². The average Bonchev–Trinajstić information content (AvgIpc) is 3.22. The van der Waals surface area contributed by atoms with E-state index in [0.29, 0.717) is 11.6 Å². The van der Waals surface area contributed by atoms with E-state index in [-0.39, 0.29) is 5.28 Å². The van der Waals surface area contributed by atoms with Crippen LogP contribution in [0.5, 0.6) is 0 Å². The normalized spacial score (nSPS) is 11.3. The summed E-state index contributed by atoms with van der Waals surface area (Å²) >= 11 is 8.14. The maximum Gasteiger partial charge on any atom is 0.226 e. The minimum atomic E-state index is 0.185. The highest BCUT2D eigenvalue weighted by Gasteiger charge is 2.14. The molecule has 0 spiro atoms. The maximum atomic E-state index is 6.37. The Kier molecular flexibility index (Phi) is 4.67. The Labute approximate surface area is 194 Å². The van der Waals surface area contributed by atoms with Gasteiger partial charge in [-0.05, 0) is 34.9 Å². The van der Waals surface area contributed by atoms with E-state index < -0.39 is 0 Å². The Bertz CT molecular complexity index is 1590. The number of halogens is 1. The second-order valence-electron chi connectivity index (χ2n) is 7.47. The van der Waals surface area contributed by atoms with E-state index in [1.807, 2.05) is 36.4 Å². The highest BCUT2D eigenvalue weighted by molar-refractivity contribution is 7.25. The highest BCUT2D eigenvalue weighted by atomic mass is 35.5. The molecule has 6 rings (SSSR count). The molecule has 152 valence electrons. The van der Waals surface area contributed by atoms with Crippen LogP contribution in [0.4, 0.5) is 0 Å². The molecule has 4 aromatic carbocycles. The van der Waals surface area contributed by atoms with E-state index in [1.165, 1.54) is 20.2 Å². The minimum Gasteiger partial charge on any atom is -0.208 e. The van der Waals surface area contributed by atoms with Crippen molar-refractivity contribution in [2.24, 2.45) is 0 Å². The number of hydrogen-bond donors (Lipinski definition) is 0. The van der Waals surface area contributed by atoms with E-state index in [2.05, 4.69) is 70.6 Å². The molecule has 0 fully saturated rings. The molecule has 6 aromatic rings. The van der Waals surface area contributed by atoms with Crippen molar-refractivity contribution in [3.63, 3.8) is 0 Å². The smallest absolute Gasteiger partial charge is 0.208 e. The summed E-state index contributed by atoms with van der Waals surface area (Å²) in [5, 5.41) is 2.69. The number of fused-ring (bicyclic) bond motifs is 3. The third-order valence-corrected chi connectivity index (χ3v) is 6.80. The first-order valence-corrected chi connectivity index (χ1v) is 11.4. The number of thiophene rings is 1. The molecule has 0 bridgehead atoms. The van der Waals surface area contributed by atoms with Crippen LogP contribution >= 0.6 is 22.9 Å². The Morgan fingerprint density at radius 2 is 1.22 bits per heavy atom. The number of nitrogens with zero attached hydrogens (tertiary/aromatic N) is 3. The van der Waals surface area contributed by atoms with Crippen molar-refractivity contribution < 1.29 is 0 Å². The van der Waals surface area contributed by atoms with E-state index in [1.54, 1.807) is 11.3 Å². The van der Waals surface area contributed by atoms with Crippen LogP contribution in [-0.2, 0) is 0 Å². The van der Waals surface area contributed by atoms with E-state index in [0.717, 1.165) is 22.3 Å². The third kappa shape index (κ3) is 3.34. The number of aromatic nitrogens is 3. The van der Waals surface area contributed by atoms with Crippen LogP contribution in [0, 0.1) is 0 Å². The van der Waals surface area contributed by atoms with Crippen molar-refractivity contribution in [3.8, 4) is 33.9 Å². The Hall–Kier alpha value is -3.60. The second-order valence-corrected chi connectivity index (χ2v) is 8.89. The molecule has 3 nitrogen and oxygen atoms in total. The van der Waals surface area contributed by atoms with Crippen molar-refractivity contribution in [1.29, 1.82) is 0 Å². The fourth-order valence-corrected chi connectivity index (χ4v) is 5.32. The number of hydrogen-bond acceptors (Lipinski definition) is 4. The summed E-state index contributed by atoms with van der Waals surface area (Å²) in [6, 6.07) is 33.1. The Balaban J connectivity index is 1.50. The summed E-state index contributed by atoms with van der Waals surface area (Å²) in [6.45, 7) is 0. The lowest BCUT2D eigenvalue weighted by Gasteiger charge is -2.10. The van der Waals surface area contributed by atoms with E-state index in [4.69, 9.17) is 16.6 Å². The van der Waals surface area contributed by atoms with Crippen LogP contribution in [0.3, 0.4) is 0 Å². The van der Waals surface area contributed by atoms with Crippen LogP contribution in [-0.4, -0.2) is 15.0 Å². The van der Waals surface area contributed by atoms with Crippen LogP contribution in [0.2, 0.25) is 5.28 Å². The van der Waals surface area contributed by atoms with Gasteiger partial charge in [0.05, 0.1) is 0 Å². The molecule has 2 heterocycles. The topological polar surface area (TPSA) is 38.7 Å². The van der Waals surface area contributed by atoms with Gasteiger partial charge in [0.15, 0.2) is 11.6 Å². The summed E-state index contributed by atoms with van der Waals surface area (Å²) in [5.74, 6) is 1.14. The molecule has 0 aliphatic rings. The molecular weight excluding hydrogens is 434 g/mol. The zero-order valence-electron chi connectivity index (χ0n) is 16.9. The van der Waals surface area contributed by atoms with Gasteiger partial charge >= 0.3 is 0 Å². The standard InChI is InChI=1S/C27H16ClN3S/c28-27-30-25(18-14-15-21-20-11-6-7-13-23(20)32-24(21)16-18)29-26(31-27)22-12-5-4-10-19(22)17-8-2-1-3-9-17/h1-16H. The van der Waals surface area contributed by atoms with Crippen molar-refractivity contribution in [2.45, 2.75) is 0 Å². The fourth-order valence-electron chi connectivity index (χ4n) is 4.01. The molecule has 0 amide bonds. The van der Waals surface area contributed by atoms with Gasteiger partial charge in [-0.25, -0.2) is 4.98 Å². The van der Waals surface area contributed by atoms with Gasteiger partial charge in [-0.15, -0.1) is 11.3 Å². The highest BCUT2D eigenvalue weighted by Crippen LogP contribution is 2.36. The first kappa shape index (κ1) is 19.1.